The number of benzene rings is 2. The molecule has 0 unspecified atom stereocenters. The van der Waals surface area contributed by atoms with Gasteiger partial charge in [-0.1, -0.05) is 44.2 Å². The lowest BCUT2D eigenvalue weighted by Crippen LogP contribution is -2.52. The fraction of sp³-hybridized carbons (Fsp3) is 0.480. The zero-order valence-corrected chi connectivity index (χ0v) is 18.9. The molecule has 5 nitrogen and oxygen atoms in total. The summed E-state index contributed by atoms with van der Waals surface area (Å²) in [5.74, 6) is 1.34. The fourth-order valence-electron chi connectivity index (χ4n) is 4.03. The molecule has 162 valence electrons. The summed E-state index contributed by atoms with van der Waals surface area (Å²) >= 11 is 0. The van der Waals surface area contributed by atoms with Crippen LogP contribution in [0.2, 0.25) is 0 Å². The molecule has 3 rings (SSSR count). The average Bonchev–Trinajstić information content (AvgIpc) is 2.75. The summed E-state index contributed by atoms with van der Waals surface area (Å²) in [6, 6.07) is 14.3. The molecule has 1 heterocycles. The zero-order chi connectivity index (χ0) is 21.7. The number of methoxy groups -OCH3 is 1. The number of rotatable bonds is 7. The monoisotopic (exact) mass is 409 g/mol. The molecule has 0 aliphatic carbocycles. The summed E-state index contributed by atoms with van der Waals surface area (Å²) in [7, 11) is 1.69. The number of nitrogens with zero attached hydrogens (tertiary/aromatic N) is 2. The second kappa shape index (κ2) is 10.1. The molecule has 0 spiro atoms. The van der Waals surface area contributed by atoms with Crippen molar-refractivity contribution in [1.82, 2.24) is 9.80 Å². The normalized spacial score (nSPS) is 16.5. The van der Waals surface area contributed by atoms with Crippen molar-refractivity contribution < 1.29 is 9.53 Å². The van der Waals surface area contributed by atoms with E-state index in [1.807, 2.05) is 19.1 Å². The van der Waals surface area contributed by atoms with Gasteiger partial charge in [-0.3, -0.25) is 14.6 Å². The molecule has 2 aromatic carbocycles. The molecule has 1 fully saturated rings. The molecular weight excluding hydrogens is 374 g/mol. The molecule has 1 saturated heterocycles. The third-order valence-corrected chi connectivity index (χ3v) is 6.07. The Morgan fingerprint density at radius 3 is 2.30 bits per heavy atom. The van der Waals surface area contributed by atoms with E-state index in [-0.39, 0.29) is 11.9 Å². The van der Waals surface area contributed by atoms with E-state index in [0.717, 1.165) is 49.7 Å². The maximum absolute atomic E-state index is 13.0. The summed E-state index contributed by atoms with van der Waals surface area (Å²) in [5.41, 5.74) is 4.57. The van der Waals surface area contributed by atoms with E-state index in [1.165, 1.54) is 11.1 Å². The molecule has 5 heteroatoms. The number of hydrogen-bond donors (Lipinski definition) is 1. The van der Waals surface area contributed by atoms with Crippen molar-refractivity contribution in [3.8, 4) is 5.75 Å². The lowest BCUT2D eigenvalue weighted by molar-refractivity contribution is -0.121. The van der Waals surface area contributed by atoms with Gasteiger partial charge < -0.3 is 10.1 Å². The second-order valence-corrected chi connectivity index (χ2v) is 8.52. The van der Waals surface area contributed by atoms with Crippen LogP contribution in [0.1, 0.15) is 43.4 Å². The smallest absolute Gasteiger partial charge is 0.241 e. The van der Waals surface area contributed by atoms with Crippen LogP contribution in [0.3, 0.4) is 0 Å². The number of carbonyl (C=O) groups excluding carboxylic acids is 1. The maximum atomic E-state index is 13.0. The molecule has 1 aliphatic rings. The van der Waals surface area contributed by atoms with Crippen molar-refractivity contribution >= 4 is 11.6 Å². The highest BCUT2D eigenvalue weighted by molar-refractivity contribution is 5.96. The highest BCUT2D eigenvalue weighted by Gasteiger charge is 2.26. The van der Waals surface area contributed by atoms with Gasteiger partial charge in [0, 0.05) is 38.4 Å². The van der Waals surface area contributed by atoms with E-state index in [1.54, 1.807) is 7.11 Å². The molecule has 1 aliphatic heterocycles. The van der Waals surface area contributed by atoms with Gasteiger partial charge in [-0.2, -0.15) is 0 Å². The Kier molecular flexibility index (Phi) is 7.51. The minimum Gasteiger partial charge on any atom is -0.497 e. The Balaban J connectivity index is 1.54. The molecule has 0 radical (unpaired) electrons. The van der Waals surface area contributed by atoms with Crippen LogP contribution in [0.5, 0.6) is 5.75 Å². The van der Waals surface area contributed by atoms with E-state index in [9.17, 15) is 4.79 Å². The molecule has 2 aromatic rings. The Labute approximate surface area is 181 Å². The number of nitrogens with one attached hydrogen (secondary N) is 1. The lowest BCUT2D eigenvalue weighted by Gasteiger charge is -2.37. The quantitative estimate of drug-likeness (QED) is 0.742. The molecule has 0 saturated carbocycles. The first-order chi connectivity index (χ1) is 14.4. The standard InChI is InChI=1S/C25H35N3O2/c1-18(2)23-8-6-7-19(3)24(23)26-25(29)20(4)28-15-13-27(14-16-28)17-21-9-11-22(30-5)12-10-21/h6-12,18,20H,13-17H2,1-5H3,(H,26,29)/t20-/m1/s1. The van der Waals surface area contributed by atoms with E-state index in [0.29, 0.717) is 5.92 Å². The summed E-state index contributed by atoms with van der Waals surface area (Å²) in [5, 5.41) is 3.21. The predicted molar refractivity (Wildman–Crippen MR) is 123 cm³/mol. The number of aryl methyl sites for hydroxylation is 1. The number of hydrogen-bond acceptors (Lipinski definition) is 4. The van der Waals surface area contributed by atoms with Gasteiger partial charge in [0.05, 0.1) is 13.2 Å². The average molecular weight is 410 g/mol. The summed E-state index contributed by atoms with van der Waals surface area (Å²) in [6.45, 7) is 13.1. The first-order valence-electron chi connectivity index (χ1n) is 10.9. The van der Waals surface area contributed by atoms with Crippen LogP contribution in [0, 0.1) is 6.92 Å². The number of ether oxygens (including phenoxy) is 1. The van der Waals surface area contributed by atoms with E-state index in [2.05, 4.69) is 66.2 Å². The van der Waals surface area contributed by atoms with E-state index >= 15 is 0 Å². The maximum Gasteiger partial charge on any atom is 0.241 e. The topological polar surface area (TPSA) is 44.8 Å². The van der Waals surface area contributed by atoms with Gasteiger partial charge in [0.1, 0.15) is 5.75 Å². The largest absolute Gasteiger partial charge is 0.497 e. The van der Waals surface area contributed by atoms with Gasteiger partial charge >= 0.3 is 0 Å². The van der Waals surface area contributed by atoms with Crippen LogP contribution in [0.15, 0.2) is 42.5 Å². The van der Waals surface area contributed by atoms with Gasteiger partial charge in [0.2, 0.25) is 5.91 Å². The van der Waals surface area contributed by atoms with Crippen LogP contribution >= 0.6 is 0 Å². The SMILES string of the molecule is COc1ccc(CN2CCN([C@H](C)C(=O)Nc3c(C)cccc3C(C)C)CC2)cc1. The van der Waals surface area contributed by atoms with Gasteiger partial charge in [-0.25, -0.2) is 0 Å². The minimum absolute atomic E-state index is 0.0785. The number of carbonyl (C=O) groups is 1. The van der Waals surface area contributed by atoms with E-state index < -0.39 is 0 Å². The van der Waals surface area contributed by atoms with Crippen LogP contribution in [0.25, 0.3) is 0 Å². The van der Waals surface area contributed by atoms with Crippen LogP contribution in [0.4, 0.5) is 5.69 Å². The molecule has 1 amide bonds. The first-order valence-corrected chi connectivity index (χ1v) is 10.9. The van der Waals surface area contributed by atoms with Crippen molar-refractivity contribution in [1.29, 1.82) is 0 Å². The number of para-hydroxylation sites is 1. The van der Waals surface area contributed by atoms with Crippen LogP contribution in [-0.4, -0.2) is 55.0 Å². The Morgan fingerprint density at radius 1 is 1.03 bits per heavy atom. The van der Waals surface area contributed by atoms with Crippen LogP contribution < -0.4 is 10.1 Å². The Bertz CT molecular complexity index is 840. The molecule has 1 N–H and O–H groups in total. The molecule has 0 bridgehead atoms. The van der Waals surface area contributed by atoms with Crippen molar-refractivity contribution in [2.75, 3.05) is 38.6 Å². The predicted octanol–water partition coefficient (Wildman–Crippen LogP) is 4.27. The van der Waals surface area contributed by atoms with Gasteiger partial charge in [-0.05, 0) is 48.6 Å². The van der Waals surface area contributed by atoms with Gasteiger partial charge in [0.25, 0.3) is 0 Å². The molecule has 30 heavy (non-hydrogen) atoms. The summed E-state index contributed by atoms with van der Waals surface area (Å²) in [6.07, 6.45) is 0. The summed E-state index contributed by atoms with van der Waals surface area (Å²) < 4.78 is 5.23. The number of piperazine rings is 1. The highest BCUT2D eigenvalue weighted by Crippen LogP contribution is 2.27. The lowest BCUT2D eigenvalue weighted by atomic mass is 9.98. The molecule has 1 atom stereocenters. The van der Waals surface area contributed by atoms with Crippen molar-refractivity contribution in [2.24, 2.45) is 0 Å². The Hall–Kier alpha value is -2.37. The molecular formula is C25H35N3O2. The van der Waals surface area contributed by atoms with E-state index in [4.69, 9.17) is 4.74 Å². The van der Waals surface area contributed by atoms with Gasteiger partial charge in [-0.15, -0.1) is 0 Å². The number of amides is 1. The second-order valence-electron chi connectivity index (χ2n) is 8.52. The first kappa shape index (κ1) is 22.3. The van der Waals surface area contributed by atoms with Gasteiger partial charge in [0.15, 0.2) is 0 Å². The highest BCUT2D eigenvalue weighted by atomic mass is 16.5. The third-order valence-electron chi connectivity index (χ3n) is 6.07. The van der Waals surface area contributed by atoms with Crippen molar-refractivity contribution in [2.45, 2.75) is 46.2 Å². The van der Waals surface area contributed by atoms with Crippen LogP contribution in [-0.2, 0) is 11.3 Å². The zero-order valence-electron chi connectivity index (χ0n) is 18.9. The van der Waals surface area contributed by atoms with Crippen molar-refractivity contribution in [3.05, 3.63) is 59.2 Å². The third kappa shape index (κ3) is 5.41. The molecule has 0 aromatic heterocycles. The summed E-state index contributed by atoms with van der Waals surface area (Å²) in [4.78, 5) is 17.7. The number of anilines is 1. The minimum atomic E-state index is -0.146. The fourth-order valence-corrected chi connectivity index (χ4v) is 4.03. The van der Waals surface area contributed by atoms with Crippen molar-refractivity contribution in [3.63, 3.8) is 0 Å². The Morgan fingerprint density at radius 2 is 1.70 bits per heavy atom.